The molecule has 5 heteroatoms. The third-order valence-electron chi connectivity index (χ3n) is 4.33. The van der Waals surface area contributed by atoms with Crippen molar-refractivity contribution in [2.45, 2.75) is 32.1 Å². The molecule has 19 heavy (non-hydrogen) atoms. The van der Waals surface area contributed by atoms with Crippen molar-refractivity contribution in [1.82, 2.24) is 0 Å². The maximum Gasteiger partial charge on any atom is 0.335 e. The minimum Gasteiger partial charge on any atom is -0.380 e. The van der Waals surface area contributed by atoms with Gasteiger partial charge in [0.2, 0.25) is 0 Å². The zero-order valence-corrected chi connectivity index (χ0v) is 11.6. The molecule has 2 saturated carbocycles. The van der Waals surface area contributed by atoms with Crippen molar-refractivity contribution in [3.05, 3.63) is 22.4 Å². The summed E-state index contributed by atoms with van der Waals surface area (Å²) in [6, 6.07) is 3.74. The van der Waals surface area contributed by atoms with Crippen LogP contribution in [0.2, 0.25) is 0 Å². The van der Waals surface area contributed by atoms with Gasteiger partial charge >= 0.3 is 5.97 Å². The van der Waals surface area contributed by atoms with Crippen LogP contribution in [-0.2, 0) is 9.63 Å². The van der Waals surface area contributed by atoms with Gasteiger partial charge in [-0.1, -0.05) is 17.6 Å². The number of carbonyl (C=O) groups excluding carboxylic acids is 1. The Kier molecular flexibility index (Phi) is 3.55. The van der Waals surface area contributed by atoms with E-state index in [0.717, 1.165) is 16.7 Å². The Labute approximate surface area is 116 Å². The van der Waals surface area contributed by atoms with E-state index in [9.17, 15) is 4.79 Å². The summed E-state index contributed by atoms with van der Waals surface area (Å²) in [6.45, 7) is 0. The summed E-state index contributed by atoms with van der Waals surface area (Å²) >= 11 is 1.48. The first-order valence-corrected chi connectivity index (χ1v) is 7.67. The van der Waals surface area contributed by atoms with Gasteiger partial charge in [0.1, 0.15) is 0 Å². The van der Waals surface area contributed by atoms with Gasteiger partial charge in [0.25, 0.3) is 0 Å². The molecule has 1 aromatic heterocycles. The van der Waals surface area contributed by atoms with Gasteiger partial charge < -0.3 is 10.6 Å². The van der Waals surface area contributed by atoms with Gasteiger partial charge in [0, 0.05) is 0 Å². The lowest BCUT2D eigenvalue weighted by Gasteiger charge is -2.19. The second-order valence-corrected chi connectivity index (χ2v) is 6.50. The van der Waals surface area contributed by atoms with Crippen LogP contribution in [0.25, 0.3) is 0 Å². The van der Waals surface area contributed by atoms with Crippen LogP contribution in [0.1, 0.15) is 37.0 Å². The fourth-order valence-electron chi connectivity index (χ4n) is 3.45. The van der Waals surface area contributed by atoms with E-state index in [-0.39, 0.29) is 11.8 Å². The molecule has 0 spiro atoms. The van der Waals surface area contributed by atoms with Crippen LogP contribution in [0, 0.1) is 17.8 Å². The number of carbonyl (C=O) groups is 1. The van der Waals surface area contributed by atoms with E-state index in [2.05, 4.69) is 5.16 Å². The molecule has 102 valence electrons. The van der Waals surface area contributed by atoms with Crippen LogP contribution in [0.4, 0.5) is 0 Å². The standard InChI is InChI=1S/C14H18N2O2S/c15-14(12-2-1-5-19-12)16-18-13(17)8-11-7-9-3-4-10(11)6-9/h1-2,5,9-11H,3-4,6-8H2,(H2,15,16)/t9-,10-,11+/m0/s1. The number of hydrogen-bond donors (Lipinski definition) is 1. The third-order valence-corrected chi connectivity index (χ3v) is 5.23. The van der Waals surface area contributed by atoms with Crippen molar-refractivity contribution in [2.24, 2.45) is 28.6 Å². The molecule has 4 nitrogen and oxygen atoms in total. The predicted molar refractivity (Wildman–Crippen MR) is 74.7 cm³/mol. The topological polar surface area (TPSA) is 64.7 Å². The quantitative estimate of drug-likeness (QED) is 0.398. The molecule has 1 aromatic rings. The van der Waals surface area contributed by atoms with Crippen LogP contribution in [0.3, 0.4) is 0 Å². The van der Waals surface area contributed by atoms with Crippen molar-refractivity contribution in [3.8, 4) is 0 Å². The zero-order chi connectivity index (χ0) is 13.2. The van der Waals surface area contributed by atoms with Crippen molar-refractivity contribution < 1.29 is 9.63 Å². The number of hydrogen-bond acceptors (Lipinski definition) is 4. The Bertz CT molecular complexity index is 484. The van der Waals surface area contributed by atoms with Crippen LogP contribution < -0.4 is 5.73 Å². The lowest BCUT2D eigenvalue weighted by molar-refractivity contribution is -0.145. The largest absolute Gasteiger partial charge is 0.380 e. The highest BCUT2D eigenvalue weighted by atomic mass is 32.1. The summed E-state index contributed by atoms with van der Waals surface area (Å²) in [5.41, 5.74) is 5.74. The minimum absolute atomic E-state index is 0.253. The molecule has 2 aliphatic carbocycles. The number of fused-ring (bicyclic) bond motifs is 2. The van der Waals surface area contributed by atoms with Gasteiger partial charge in [-0.15, -0.1) is 11.3 Å². The van der Waals surface area contributed by atoms with E-state index in [0.29, 0.717) is 12.3 Å². The first-order valence-electron chi connectivity index (χ1n) is 6.79. The first kappa shape index (κ1) is 12.7. The van der Waals surface area contributed by atoms with Gasteiger partial charge in [-0.05, 0) is 48.5 Å². The van der Waals surface area contributed by atoms with Gasteiger partial charge in [-0.2, -0.15) is 0 Å². The summed E-state index contributed by atoms with van der Waals surface area (Å²) in [5.74, 6) is 2.11. The number of thiophene rings is 1. The molecule has 0 radical (unpaired) electrons. The average Bonchev–Trinajstić information content (AvgIpc) is 3.12. The lowest BCUT2D eigenvalue weighted by atomic mass is 9.86. The number of oxime groups is 1. The van der Waals surface area contributed by atoms with Crippen molar-refractivity contribution in [1.29, 1.82) is 0 Å². The summed E-state index contributed by atoms with van der Waals surface area (Å²) < 4.78 is 0. The number of amidine groups is 1. The van der Waals surface area contributed by atoms with Gasteiger partial charge in [0.15, 0.2) is 5.84 Å². The smallest absolute Gasteiger partial charge is 0.335 e. The predicted octanol–water partition coefficient (Wildman–Crippen LogP) is 2.74. The Balaban J connectivity index is 1.50. The van der Waals surface area contributed by atoms with Gasteiger partial charge in [-0.25, -0.2) is 4.79 Å². The molecule has 2 N–H and O–H groups in total. The first-order chi connectivity index (χ1) is 9.22. The van der Waals surface area contributed by atoms with Crippen molar-refractivity contribution in [2.75, 3.05) is 0 Å². The van der Waals surface area contributed by atoms with E-state index in [1.54, 1.807) is 0 Å². The zero-order valence-electron chi connectivity index (χ0n) is 10.7. The molecule has 0 aliphatic heterocycles. The molecule has 1 heterocycles. The van der Waals surface area contributed by atoms with Crippen molar-refractivity contribution >= 4 is 23.1 Å². The van der Waals surface area contributed by atoms with Gasteiger partial charge in [-0.3, -0.25) is 0 Å². The van der Waals surface area contributed by atoms with Crippen LogP contribution in [-0.4, -0.2) is 11.8 Å². The van der Waals surface area contributed by atoms with Crippen LogP contribution in [0.5, 0.6) is 0 Å². The molecule has 3 rings (SSSR count). The maximum absolute atomic E-state index is 11.8. The summed E-state index contributed by atoms with van der Waals surface area (Å²) in [5, 5.41) is 5.64. The molecular formula is C14H18N2O2S. The number of rotatable bonds is 4. The molecular weight excluding hydrogens is 260 g/mol. The van der Waals surface area contributed by atoms with E-state index in [1.807, 2.05) is 17.5 Å². The van der Waals surface area contributed by atoms with E-state index >= 15 is 0 Å². The number of nitrogens with two attached hydrogens (primary N) is 1. The monoisotopic (exact) mass is 278 g/mol. The van der Waals surface area contributed by atoms with Crippen LogP contribution >= 0.6 is 11.3 Å². The molecule has 2 fully saturated rings. The Morgan fingerprint density at radius 3 is 3.00 bits per heavy atom. The van der Waals surface area contributed by atoms with E-state index < -0.39 is 0 Å². The average molecular weight is 278 g/mol. The number of nitrogens with zero attached hydrogens (tertiary/aromatic N) is 1. The highest BCUT2D eigenvalue weighted by Crippen LogP contribution is 2.49. The summed E-state index contributed by atoms with van der Waals surface area (Å²) in [7, 11) is 0. The Morgan fingerprint density at radius 2 is 2.37 bits per heavy atom. The molecule has 2 aliphatic rings. The molecule has 3 atom stereocenters. The molecule has 2 bridgehead atoms. The molecule has 0 unspecified atom stereocenters. The fraction of sp³-hybridized carbons (Fsp3) is 0.571. The molecule has 0 saturated heterocycles. The summed E-state index contributed by atoms with van der Waals surface area (Å²) in [4.78, 5) is 17.5. The molecule has 0 amide bonds. The second kappa shape index (κ2) is 5.33. The second-order valence-electron chi connectivity index (χ2n) is 5.56. The van der Waals surface area contributed by atoms with Crippen LogP contribution in [0.15, 0.2) is 22.7 Å². The minimum atomic E-state index is -0.253. The van der Waals surface area contributed by atoms with E-state index in [4.69, 9.17) is 10.6 Å². The lowest BCUT2D eigenvalue weighted by Crippen LogP contribution is -2.18. The fourth-order valence-corrected chi connectivity index (χ4v) is 4.07. The van der Waals surface area contributed by atoms with Crippen molar-refractivity contribution in [3.63, 3.8) is 0 Å². The Morgan fingerprint density at radius 1 is 1.47 bits per heavy atom. The Hall–Kier alpha value is -1.36. The SMILES string of the molecule is N/C(=N/OC(=O)C[C@H]1C[C@H]2CC[C@H]1C2)c1cccs1. The highest BCUT2D eigenvalue weighted by Gasteiger charge is 2.40. The summed E-state index contributed by atoms with van der Waals surface area (Å²) in [6.07, 6.45) is 5.60. The third kappa shape index (κ3) is 2.81. The highest BCUT2D eigenvalue weighted by molar-refractivity contribution is 7.12. The molecule has 0 aromatic carbocycles. The normalized spacial score (nSPS) is 29.7. The van der Waals surface area contributed by atoms with Gasteiger partial charge in [0.05, 0.1) is 11.3 Å². The van der Waals surface area contributed by atoms with E-state index in [1.165, 1.54) is 37.0 Å². The maximum atomic E-state index is 11.8.